The Bertz CT molecular complexity index is 1040. The zero-order valence-corrected chi connectivity index (χ0v) is 14.4. The van der Waals surface area contributed by atoms with Gasteiger partial charge in [0.25, 0.3) is 0 Å². The van der Waals surface area contributed by atoms with Crippen LogP contribution in [0.25, 0.3) is 33.3 Å². The fourth-order valence-electron chi connectivity index (χ4n) is 3.23. The van der Waals surface area contributed by atoms with Gasteiger partial charge >= 0.3 is 0 Å². The maximum atomic E-state index is 5.68. The van der Waals surface area contributed by atoms with Crippen molar-refractivity contribution in [3.05, 3.63) is 84.4 Å². The molecule has 0 unspecified atom stereocenters. The number of hydrogen-bond donors (Lipinski definition) is 0. The smallest absolute Gasteiger partial charge is 0.145 e. The topological polar surface area (TPSA) is 22.1 Å². The van der Waals surface area contributed by atoms with Gasteiger partial charge in [0.15, 0.2) is 0 Å². The van der Waals surface area contributed by atoms with E-state index in [4.69, 9.17) is 9.72 Å². The summed E-state index contributed by atoms with van der Waals surface area (Å²) >= 11 is 0. The Labute approximate surface area is 147 Å². The molecule has 0 aliphatic heterocycles. The van der Waals surface area contributed by atoms with Gasteiger partial charge in [-0.25, -0.2) is 4.98 Å². The molecule has 0 amide bonds. The summed E-state index contributed by atoms with van der Waals surface area (Å²) < 4.78 is 5.68. The summed E-state index contributed by atoms with van der Waals surface area (Å²) in [6, 6.07) is 27.0. The Morgan fingerprint density at radius 1 is 0.760 bits per heavy atom. The van der Waals surface area contributed by atoms with Gasteiger partial charge in [0.1, 0.15) is 11.4 Å². The van der Waals surface area contributed by atoms with E-state index in [2.05, 4.69) is 73.7 Å². The zero-order valence-electron chi connectivity index (χ0n) is 14.4. The first-order chi connectivity index (χ1) is 12.3. The fourth-order valence-corrected chi connectivity index (χ4v) is 3.23. The lowest BCUT2D eigenvalue weighted by atomic mass is 9.96. The quantitative estimate of drug-likeness (QED) is 0.469. The van der Waals surface area contributed by atoms with Gasteiger partial charge in [0.05, 0.1) is 12.6 Å². The average Bonchev–Trinajstić information content (AvgIpc) is 2.68. The van der Waals surface area contributed by atoms with Gasteiger partial charge in [0, 0.05) is 10.9 Å². The van der Waals surface area contributed by atoms with Crippen molar-refractivity contribution in [3.8, 4) is 28.1 Å². The molecule has 0 radical (unpaired) electrons. The molecule has 0 atom stereocenters. The third-order valence-corrected chi connectivity index (χ3v) is 4.50. The van der Waals surface area contributed by atoms with Crippen LogP contribution in [0.15, 0.2) is 78.9 Å². The molecule has 1 aromatic heterocycles. The molecule has 3 aromatic carbocycles. The number of methoxy groups -OCH3 is 1. The van der Waals surface area contributed by atoms with Crippen LogP contribution >= 0.6 is 0 Å². The summed E-state index contributed by atoms with van der Waals surface area (Å²) in [5.74, 6) is 0.793. The van der Waals surface area contributed by atoms with Gasteiger partial charge in [-0.1, -0.05) is 72.8 Å². The minimum absolute atomic E-state index is 0.793. The van der Waals surface area contributed by atoms with Gasteiger partial charge in [-0.2, -0.15) is 0 Å². The Morgan fingerprint density at radius 3 is 2.24 bits per heavy atom. The van der Waals surface area contributed by atoms with E-state index in [1.54, 1.807) is 7.11 Å². The third kappa shape index (κ3) is 2.76. The highest BCUT2D eigenvalue weighted by molar-refractivity contribution is 5.91. The summed E-state index contributed by atoms with van der Waals surface area (Å²) in [6.45, 7) is 2.09. The highest BCUT2D eigenvalue weighted by atomic mass is 16.5. The molecule has 0 bridgehead atoms. The average molecular weight is 325 g/mol. The van der Waals surface area contributed by atoms with E-state index in [-0.39, 0.29) is 0 Å². The maximum Gasteiger partial charge on any atom is 0.145 e. The molecule has 4 aromatic rings. The molecular formula is C23H19NO. The Hall–Kier alpha value is -3.13. The van der Waals surface area contributed by atoms with E-state index in [1.165, 1.54) is 11.1 Å². The number of nitrogens with zero attached hydrogens (tertiary/aromatic N) is 1. The monoisotopic (exact) mass is 325 g/mol. The molecule has 25 heavy (non-hydrogen) atoms. The summed E-state index contributed by atoms with van der Waals surface area (Å²) in [4.78, 5) is 4.98. The molecular weight excluding hydrogens is 306 g/mol. The van der Waals surface area contributed by atoms with Crippen molar-refractivity contribution in [2.75, 3.05) is 7.11 Å². The van der Waals surface area contributed by atoms with Gasteiger partial charge in [-0.05, 0) is 29.7 Å². The van der Waals surface area contributed by atoms with Crippen LogP contribution in [-0.4, -0.2) is 12.1 Å². The standard InChI is InChI=1S/C23H19NO/c1-16-9-8-12-18-15-21(25-2)23(24-22(16)18)20-14-7-6-13-19(20)17-10-4-3-5-11-17/h3-15H,1-2H3. The molecule has 2 nitrogen and oxygen atoms in total. The molecule has 0 fully saturated rings. The number of para-hydroxylation sites is 1. The largest absolute Gasteiger partial charge is 0.494 e. The molecule has 0 spiro atoms. The Balaban J connectivity index is 2.01. The van der Waals surface area contributed by atoms with Crippen LogP contribution in [0.3, 0.4) is 0 Å². The maximum absolute atomic E-state index is 5.68. The van der Waals surface area contributed by atoms with Crippen molar-refractivity contribution >= 4 is 10.9 Å². The summed E-state index contributed by atoms with van der Waals surface area (Å²) in [7, 11) is 1.70. The number of hydrogen-bond acceptors (Lipinski definition) is 2. The molecule has 0 aliphatic rings. The van der Waals surface area contributed by atoms with Crippen molar-refractivity contribution in [1.29, 1.82) is 0 Å². The first kappa shape index (κ1) is 15.4. The molecule has 1 heterocycles. The fraction of sp³-hybridized carbons (Fsp3) is 0.0870. The minimum Gasteiger partial charge on any atom is -0.494 e. The summed E-state index contributed by atoms with van der Waals surface area (Å²) in [6.07, 6.45) is 0. The lowest BCUT2D eigenvalue weighted by Crippen LogP contribution is -1.95. The van der Waals surface area contributed by atoms with Crippen molar-refractivity contribution in [1.82, 2.24) is 4.98 Å². The molecule has 0 N–H and O–H groups in total. The zero-order chi connectivity index (χ0) is 17.2. The molecule has 0 saturated carbocycles. The highest BCUT2D eigenvalue weighted by Crippen LogP contribution is 2.37. The number of aryl methyl sites for hydroxylation is 1. The van der Waals surface area contributed by atoms with Gasteiger partial charge in [-0.15, -0.1) is 0 Å². The first-order valence-electron chi connectivity index (χ1n) is 8.37. The predicted molar refractivity (Wildman–Crippen MR) is 104 cm³/mol. The molecule has 122 valence electrons. The number of fused-ring (bicyclic) bond motifs is 1. The van der Waals surface area contributed by atoms with Crippen LogP contribution < -0.4 is 4.74 Å². The normalized spacial score (nSPS) is 10.8. The van der Waals surface area contributed by atoms with Crippen molar-refractivity contribution in [3.63, 3.8) is 0 Å². The number of pyridine rings is 1. The molecule has 0 saturated heterocycles. The minimum atomic E-state index is 0.793. The lowest BCUT2D eigenvalue weighted by molar-refractivity contribution is 0.415. The number of rotatable bonds is 3. The molecule has 0 aliphatic carbocycles. The predicted octanol–water partition coefficient (Wildman–Crippen LogP) is 5.89. The van der Waals surface area contributed by atoms with Crippen LogP contribution in [0.5, 0.6) is 5.75 Å². The highest BCUT2D eigenvalue weighted by Gasteiger charge is 2.15. The first-order valence-corrected chi connectivity index (χ1v) is 8.37. The Kier molecular flexibility index (Phi) is 3.95. The third-order valence-electron chi connectivity index (χ3n) is 4.50. The van der Waals surface area contributed by atoms with E-state index >= 15 is 0 Å². The summed E-state index contributed by atoms with van der Waals surface area (Å²) in [5, 5.41) is 1.10. The van der Waals surface area contributed by atoms with Crippen molar-refractivity contribution in [2.24, 2.45) is 0 Å². The van der Waals surface area contributed by atoms with Gasteiger partial charge in [-0.3, -0.25) is 0 Å². The SMILES string of the molecule is COc1cc2cccc(C)c2nc1-c1ccccc1-c1ccccc1. The van der Waals surface area contributed by atoms with Crippen LogP contribution in [0, 0.1) is 6.92 Å². The van der Waals surface area contributed by atoms with Crippen LogP contribution in [0.1, 0.15) is 5.56 Å². The number of aromatic nitrogens is 1. The number of benzene rings is 3. The van der Waals surface area contributed by atoms with Crippen LogP contribution in [0.4, 0.5) is 0 Å². The van der Waals surface area contributed by atoms with Crippen LogP contribution in [0.2, 0.25) is 0 Å². The number of ether oxygens (including phenoxy) is 1. The van der Waals surface area contributed by atoms with Gasteiger partial charge < -0.3 is 4.74 Å². The van der Waals surface area contributed by atoms with E-state index < -0.39 is 0 Å². The second-order valence-corrected chi connectivity index (χ2v) is 6.10. The second kappa shape index (κ2) is 6.40. The van der Waals surface area contributed by atoms with Crippen molar-refractivity contribution < 1.29 is 4.74 Å². The summed E-state index contributed by atoms with van der Waals surface area (Å²) in [5.41, 5.74) is 6.47. The molecule has 4 rings (SSSR count). The molecule has 2 heteroatoms. The van der Waals surface area contributed by atoms with E-state index in [0.29, 0.717) is 0 Å². The second-order valence-electron chi connectivity index (χ2n) is 6.10. The van der Waals surface area contributed by atoms with Crippen LogP contribution in [-0.2, 0) is 0 Å². The van der Waals surface area contributed by atoms with Crippen molar-refractivity contribution in [2.45, 2.75) is 6.92 Å². The van der Waals surface area contributed by atoms with E-state index in [1.807, 2.05) is 12.1 Å². The Morgan fingerprint density at radius 2 is 1.48 bits per heavy atom. The van der Waals surface area contributed by atoms with E-state index in [9.17, 15) is 0 Å². The van der Waals surface area contributed by atoms with Gasteiger partial charge in [0.2, 0.25) is 0 Å². The van der Waals surface area contributed by atoms with E-state index in [0.717, 1.165) is 33.5 Å². The lowest BCUT2D eigenvalue weighted by Gasteiger charge is -2.14.